The molecule has 1 aliphatic carbocycles. The number of nitrogens with zero attached hydrogens (tertiary/aromatic N) is 2. The molecule has 1 aromatic rings. The van der Waals surface area contributed by atoms with E-state index in [1.54, 1.807) is 18.5 Å². The lowest BCUT2D eigenvalue weighted by molar-refractivity contribution is 0.332. The standard InChI is InChI=1S/C13H18N4/c14-7-10-3-1-2-4-12(10)17-13-9-16-6-5-11(13)8-15/h5-6,9-10,12,17H,1-4,7,14H2. The van der Waals surface area contributed by atoms with Gasteiger partial charge in [-0.25, -0.2) is 0 Å². The van der Waals surface area contributed by atoms with Crippen molar-refractivity contribution in [2.24, 2.45) is 11.7 Å². The molecule has 0 amide bonds. The average Bonchev–Trinajstić information content (AvgIpc) is 2.40. The first-order chi connectivity index (χ1) is 8.35. The molecule has 1 aliphatic rings. The van der Waals surface area contributed by atoms with Crippen molar-refractivity contribution in [1.82, 2.24) is 4.98 Å². The van der Waals surface area contributed by atoms with Crippen molar-refractivity contribution >= 4 is 5.69 Å². The number of pyridine rings is 1. The minimum Gasteiger partial charge on any atom is -0.380 e. The van der Waals surface area contributed by atoms with E-state index in [0.717, 1.165) is 12.1 Å². The Balaban J connectivity index is 2.11. The van der Waals surface area contributed by atoms with E-state index in [1.165, 1.54) is 19.3 Å². The SMILES string of the molecule is N#Cc1ccncc1NC1CCCCC1CN. The Labute approximate surface area is 102 Å². The Morgan fingerprint density at radius 3 is 3.06 bits per heavy atom. The molecule has 0 saturated heterocycles. The molecule has 0 bridgehead atoms. The summed E-state index contributed by atoms with van der Waals surface area (Å²) < 4.78 is 0. The minimum absolute atomic E-state index is 0.380. The topological polar surface area (TPSA) is 74.7 Å². The molecule has 4 heteroatoms. The molecule has 1 saturated carbocycles. The fourth-order valence-electron chi connectivity index (χ4n) is 2.49. The van der Waals surface area contributed by atoms with Crippen LogP contribution in [0.4, 0.5) is 5.69 Å². The van der Waals surface area contributed by atoms with Crippen LogP contribution in [-0.2, 0) is 0 Å². The Kier molecular flexibility index (Phi) is 3.94. The number of aromatic nitrogens is 1. The van der Waals surface area contributed by atoms with E-state index in [-0.39, 0.29) is 0 Å². The third-order valence-corrected chi connectivity index (χ3v) is 3.49. The largest absolute Gasteiger partial charge is 0.380 e. The number of hydrogen-bond acceptors (Lipinski definition) is 4. The highest BCUT2D eigenvalue weighted by Gasteiger charge is 2.24. The zero-order valence-electron chi connectivity index (χ0n) is 9.89. The van der Waals surface area contributed by atoms with Crippen LogP contribution >= 0.6 is 0 Å². The summed E-state index contributed by atoms with van der Waals surface area (Å²) in [6, 6.07) is 4.30. The van der Waals surface area contributed by atoms with Crippen molar-refractivity contribution in [3.63, 3.8) is 0 Å². The van der Waals surface area contributed by atoms with E-state index in [2.05, 4.69) is 16.4 Å². The fourth-order valence-corrected chi connectivity index (χ4v) is 2.49. The first-order valence-corrected chi connectivity index (χ1v) is 6.16. The molecule has 0 spiro atoms. The van der Waals surface area contributed by atoms with E-state index in [1.807, 2.05) is 0 Å². The zero-order valence-corrected chi connectivity index (χ0v) is 9.89. The molecule has 2 atom stereocenters. The molecule has 4 nitrogen and oxygen atoms in total. The van der Waals surface area contributed by atoms with Crippen LogP contribution in [0, 0.1) is 17.2 Å². The first-order valence-electron chi connectivity index (χ1n) is 6.16. The van der Waals surface area contributed by atoms with Gasteiger partial charge in [0.2, 0.25) is 0 Å². The fraction of sp³-hybridized carbons (Fsp3) is 0.538. The number of hydrogen-bond donors (Lipinski definition) is 2. The van der Waals surface area contributed by atoms with Gasteiger partial charge in [-0.3, -0.25) is 4.98 Å². The molecule has 1 heterocycles. The van der Waals surface area contributed by atoms with E-state index in [0.29, 0.717) is 24.1 Å². The summed E-state index contributed by atoms with van der Waals surface area (Å²) in [6.07, 6.45) is 8.16. The van der Waals surface area contributed by atoms with Gasteiger partial charge < -0.3 is 11.1 Å². The van der Waals surface area contributed by atoms with Gasteiger partial charge in [-0.1, -0.05) is 12.8 Å². The van der Waals surface area contributed by atoms with E-state index < -0.39 is 0 Å². The summed E-state index contributed by atoms with van der Waals surface area (Å²) in [5.74, 6) is 0.510. The van der Waals surface area contributed by atoms with Gasteiger partial charge in [0.15, 0.2) is 0 Å². The van der Waals surface area contributed by atoms with Crippen molar-refractivity contribution in [3.05, 3.63) is 24.0 Å². The third-order valence-electron chi connectivity index (χ3n) is 3.49. The Bertz CT molecular complexity index is 410. The van der Waals surface area contributed by atoms with Crippen LogP contribution in [0.15, 0.2) is 18.5 Å². The van der Waals surface area contributed by atoms with Gasteiger partial charge in [0.1, 0.15) is 6.07 Å². The van der Waals surface area contributed by atoms with Gasteiger partial charge in [-0.15, -0.1) is 0 Å². The van der Waals surface area contributed by atoms with E-state index in [4.69, 9.17) is 11.0 Å². The predicted molar refractivity (Wildman–Crippen MR) is 67.4 cm³/mol. The second-order valence-electron chi connectivity index (χ2n) is 4.56. The maximum Gasteiger partial charge on any atom is 0.101 e. The average molecular weight is 230 g/mol. The molecule has 90 valence electrons. The monoisotopic (exact) mass is 230 g/mol. The highest BCUT2D eigenvalue weighted by atomic mass is 14.9. The lowest BCUT2D eigenvalue weighted by Crippen LogP contribution is -2.36. The second kappa shape index (κ2) is 5.65. The smallest absolute Gasteiger partial charge is 0.101 e. The molecule has 0 aromatic carbocycles. The molecule has 1 aromatic heterocycles. The predicted octanol–water partition coefficient (Wildman–Crippen LogP) is 1.88. The van der Waals surface area contributed by atoms with Crippen molar-refractivity contribution in [1.29, 1.82) is 5.26 Å². The van der Waals surface area contributed by atoms with Gasteiger partial charge in [0.05, 0.1) is 17.4 Å². The van der Waals surface area contributed by atoms with Gasteiger partial charge >= 0.3 is 0 Å². The summed E-state index contributed by atoms with van der Waals surface area (Å²) in [5, 5.41) is 12.5. The van der Waals surface area contributed by atoms with Crippen LogP contribution in [0.5, 0.6) is 0 Å². The van der Waals surface area contributed by atoms with Crippen LogP contribution in [0.3, 0.4) is 0 Å². The first kappa shape index (κ1) is 11.9. The highest BCUT2D eigenvalue weighted by Crippen LogP contribution is 2.27. The van der Waals surface area contributed by atoms with E-state index in [9.17, 15) is 0 Å². The molecular formula is C13H18N4. The maximum atomic E-state index is 9.03. The van der Waals surface area contributed by atoms with E-state index >= 15 is 0 Å². The van der Waals surface area contributed by atoms with Crippen LogP contribution in [-0.4, -0.2) is 17.6 Å². The lowest BCUT2D eigenvalue weighted by Gasteiger charge is -2.32. The molecule has 17 heavy (non-hydrogen) atoms. The highest BCUT2D eigenvalue weighted by molar-refractivity contribution is 5.56. The number of nitrogens with two attached hydrogens (primary N) is 1. The zero-order chi connectivity index (χ0) is 12.1. The molecular weight excluding hydrogens is 212 g/mol. The van der Waals surface area contributed by atoms with Crippen LogP contribution < -0.4 is 11.1 Å². The van der Waals surface area contributed by atoms with Crippen LogP contribution in [0.25, 0.3) is 0 Å². The Morgan fingerprint density at radius 1 is 1.47 bits per heavy atom. The van der Waals surface area contributed by atoms with Gasteiger partial charge in [0.25, 0.3) is 0 Å². The molecule has 1 fully saturated rings. The van der Waals surface area contributed by atoms with Crippen LogP contribution in [0.1, 0.15) is 31.2 Å². The molecule has 2 rings (SSSR count). The minimum atomic E-state index is 0.380. The van der Waals surface area contributed by atoms with Crippen molar-refractivity contribution in [3.8, 4) is 6.07 Å². The third kappa shape index (κ3) is 2.75. The summed E-state index contributed by atoms with van der Waals surface area (Å²) >= 11 is 0. The molecule has 2 unspecified atom stereocenters. The summed E-state index contributed by atoms with van der Waals surface area (Å²) in [5.41, 5.74) is 7.28. The number of anilines is 1. The summed E-state index contributed by atoms with van der Waals surface area (Å²) in [6.45, 7) is 0.708. The Hall–Kier alpha value is -1.60. The molecule has 3 N–H and O–H groups in total. The van der Waals surface area contributed by atoms with Crippen molar-refractivity contribution in [2.45, 2.75) is 31.7 Å². The van der Waals surface area contributed by atoms with Crippen molar-refractivity contribution < 1.29 is 0 Å². The quantitative estimate of drug-likeness (QED) is 0.831. The summed E-state index contributed by atoms with van der Waals surface area (Å²) in [7, 11) is 0. The summed E-state index contributed by atoms with van der Waals surface area (Å²) in [4.78, 5) is 4.06. The molecule has 0 radical (unpaired) electrons. The van der Waals surface area contributed by atoms with Crippen LogP contribution in [0.2, 0.25) is 0 Å². The van der Waals surface area contributed by atoms with Gasteiger partial charge in [-0.2, -0.15) is 5.26 Å². The maximum absolute atomic E-state index is 9.03. The second-order valence-corrected chi connectivity index (χ2v) is 4.56. The molecule has 0 aliphatic heterocycles. The number of rotatable bonds is 3. The number of nitrogens with one attached hydrogen (secondary N) is 1. The van der Waals surface area contributed by atoms with Gasteiger partial charge in [0, 0.05) is 12.2 Å². The number of nitriles is 1. The normalized spacial score (nSPS) is 24.0. The van der Waals surface area contributed by atoms with Crippen molar-refractivity contribution in [2.75, 3.05) is 11.9 Å². The lowest BCUT2D eigenvalue weighted by atomic mass is 9.84. The van der Waals surface area contributed by atoms with Gasteiger partial charge in [-0.05, 0) is 31.4 Å². The Morgan fingerprint density at radius 2 is 2.29 bits per heavy atom.